The summed E-state index contributed by atoms with van der Waals surface area (Å²) in [6, 6.07) is 8.54. The third-order valence-corrected chi connectivity index (χ3v) is 3.64. The van der Waals surface area contributed by atoms with Crippen molar-refractivity contribution in [2.45, 2.75) is 6.42 Å². The minimum absolute atomic E-state index is 0.772. The first-order valence-corrected chi connectivity index (χ1v) is 6.33. The van der Waals surface area contributed by atoms with E-state index in [4.69, 9.17) is 0 Å². The molecule has 1 aromatic heterocycles. The zero-order chi connectivity index (χ0) is 11.7. The zero-order valence-corrected chi connectivity index (χ0v) is 10.2. The van der Waals surface area contributed by atoms with E-state index in [9.17, 15) is 0 Å². The highest BCUT2D eigenvalue weighted by atomic mass is 15.0. The maximum absolute atomic E-state index is 3.59. The maximum Gasteiger partial charge on any atom is 0.0600 e. The predicted octanol–water partition coefficient (Wildman–Crippen LogP) is 2.20. The van der Waals surface area contributed by atoms with E-state index < -0.39 is 0 Å². The van der Waals surface area contributed by atoms with Crippen molar-refractivity contribution in [3.05, 3.63) is 30.5 Å². The van der Waals surface area contributed by atoms with Crippen molar-refractivity contribution in [3.8, 4) is 0 Å². The second kappa shape index (κ2) is 4.41. The van der Waals surface area contributed by atoms with E-state index in [0.717, 1.165) is 19.0 Å². The lowest BCUT2D eigenvalue weighted by Gasteiger charge is -2.10. The summed E-state index contributed by atoms with van der Waals surface area (Å²) < 4.78 is 2.19. The summed E-state index contributed by atoms with van der Waals surface area (Å²) in [7, 11) is 2.10. The quantitative estimate of drug-likeness (QED) is 0.845. The number of aromatic nitrogens is 1. The Morgan fingerprint density at radius 2 is 2.29 bits per heavy atom. The summed E-state index contributed by atoms with van der Waals surface area (Å²) in [5, 5.41) is 8.32. The minimum atomic E-state index is 0.772. The van der Waals surface area contributed by atoms with Crippen LogP contribution in [0.15, 0.2) is 30.5 Å². The molecule has 1 saturated heterocycles. The van der Waals surface area contributed by atoms with Crippen molar-refractivity contribution in [1.82, 2.24) is 9.88 Å². The van der Waals surface area contributed by atoms with Crippen molar-refractivity contribution >= 4 is 16.6 Å². The van der Waals surface area contributed by atoms with E-state index in [1.165, 1.54) is 29.6 Å². The Bertz CT molecular complexity index is 509. The van der Waals surface area contributed by atoms with E-state index >= 15 is 0 Å². The average molecular weight is 229 g/mol. The fourth-order valence-electron chi connectivity index (χ4n) is 2.63. The molecular weight excluding hydrogens is 210 g/mol. The van der Waals surface area contributed by atoms with Crippen molar-refractivity contribution in [3.63, 3.8) is 0 Å². The zero-order valence-electron chi connectivity index (χ0n) is 10.2. The Labute approximate surface area is 102 Å². The summed E-state index contributed by atoms with van der Waals surface area (Å²) in [6.45, 7) is 3.39. The smallest absolute Gasteiger partial charge is 0.0600 e. The number of fused-ring (bicyclic) bond motifs is 1. The van der Waals surface area contributed by atoms with E-state index in [1.807, 2.05) is 0 Å². The Hall–Kier alpha value is -1.48. The molecule has 1 aromatic carbocycles. The molecule has 2 N–H and O–H groups in total. The number of hydrogen-bond acceptors (Lipinski definition) is 2. The molecule has 0 aliphatic carbocycles. The average Bonchev–Trinajstić information content (AvgIpc) is 2.96. The van der Waals surface area contributed by atoms with Gasteiger partial charge < -0.3 is 15.2 Å². The molecular formula is C14H19N3. The van der Waals surface area contributed by atoms with Crippen LogP contribution < -0.4 is 10.6 Å². The first kappa shape index (κ1) is 10.7. The number of rotatable bonds is 3. The fraction of sp³-hybridized carbons (Fsp3) is 0.429. The number of nitrogens with one attached hydrogen (secondary N) is 2. The molecule has 1 aliphatic heterocycles. The molecule has 1 aliphatic rings. The van der Waals surface area contributed by atoms with Crippen LogP contribution in [0.5, 0.6) is 0 Å². The van der Waals surface area contributed by atoms with E-state index in [2.05, 4.69) is 52.7 Å². The highest BCUT2D eigenvalue weighted by Crippen LogP contribution is 2.25. The van der Waals surface area contributed by atoms with Gasteiger partial charge in [-0.25, -0.2) is 0 Å². The van der Waals surface area contributed by atoms with Gasteiger partial charge in [-0.3, -0.25) is 0 Å². The first-order valence-electron chi connectivity index (χ1n) is 6.33. The molecule has 90 valence electrons. The van der Waals surface area contributed by atoms with Crippen LogP contribution in [0.1, 0.15) is 6.42 Å². The lowest BCUT2D eigenvalue weighted by atomic mass is 10.1. The molecule has 1 atom stereocenters. The number of aryl methyl sites for hydroxylation is 1. The van der Waals surface area contributed by atoms with E-state index in [-0.39, 0.29) is 0 Å². The van der Waals surface area contributed by atoms with Crippen LogP contribution in [0.3, 0.4) is 0 Å². The minimum Gasteiger partial charge on any atom is -0.383 e. The number of para-hydroxylation sites is 1. The Balaban J connectivity index is 1.80. The number of hydrogen-bond donors (Lipinski definition) is 2. The van der Waals surface area contributed by atoms with Gasteiger partial charge in [0.05, 0.1) is 5.69 Å². The molecule has 3 nitrogen and oxygen atoms in total. The maximum atomic E-state index is 3.59. The Kier molecular flexibility index (Phi) is 2.77. The Morgan fingerprint density at radius 3 is 3.12 bits per heavy atom. The normalized spacial score (nSPS) is 19.9. The summed E-state index contributed by atoms with van der Waals surface area (Å²) >= 11 is 0. The van der Waals surface area contributed by atoms with Gasteiger partial charge in [-0.15, -0.1) is 0 Å². The standard InChI is InChI=1S/C14H19N3/c1-17-10-13(12-4-2-3-5-14(12)17)16-9-11-6-7-15-8-11/h2-5,10-11,15-16H,6-9H2,1H3. The molecule has 0 bridgehead atoms. The van der Waals surface area contributed by atoms with Gasteiger partial charge in [-0.05, 0) is 31.5 Å². The van der Waals surface area contributed by atoms with Crippen molar-refractivity contribution in [2.75, 3.05) is 25.0 Å². The van der Waals surface area contributed by atoms with E-state index in [0.29, 0.717) is 0 Å². The molecule has 2 aromatic rings. The lowest BCUT2D eigenvalue weighted by Crippen LogP contribution is -2.17. The van der Waals surface area contributed by atoms with Crippen LogP contribution in [0.25, 0.3) is 10.9 Å². The third-order valence-electron chi connectivity index (χ3n) is 3.64. The van der Waals surface area contributed by atoms with Gasteiger partial charge in [0.25, 0.3) is 0 Å². The lowest BCUT2D eigenvalue weighted by molar-refractivity contribution is 0.615. The van der Waals surface area contributed by atoms with Gasteiger partial charge >= 0.3 is 0 Å². The molecule has 1 fully saturated rings. The first-order chi connectivity index (χ1) is 8.34. The van der Waals surface area contributed by atoms with Crippen LogP contribution in [0.4, 0.5) is 5.69 Å². The highest BCUT2D eigenvalue weighted by Gasteiger charge is 2.14. The second-order valence-corrected chi connectivity index (χ2v) is 4.91. The molecule has 0 saturated carbocycles. The predicted molar refractivity (Wildman–Crippen MR) is 72.4 cm³/mol. The molecule has 3 heteroatoms. The highest BCUT2D eigenvalue weighted by molar-refractivity contribution is 5.92. The largest absolute Gasteiger partial charge is 0.383 e. The summed E-state index contributed by atoms with van der Waals surface area (Å²) in [5.41, 5.74) is 2.55. The van der Waals surface area contributed by atoms with Gasteiger partial charge in [0, 0.05) is 30.7 Å². The van der Waals surface area contributed by atoms with E-state index in [1.54, 1.807) is 0 Å². The van der Waals surface area contributed by atoms with Crippen LogP contribution in [-0.4, -0.2) is 24.2 Å². The third kappa shape index (κ3) is 2.03. The van der Waals surface area contributed by atoms with Crippen molar-refractivity contribution < 1.29 is 0 Å². The summed E-state index contributed by atoms with van der Waals surface area (Å²) in [5.74, 6) is 0.772. The number of benzene rings is 1. The number of nitrogens with zero attached hydrogens (tertiary/aromatic N) is 1. The molecule has 3 rings (SSSR count). The summed E-state index contributed by atoms with van der Waals surface area (Å²) in [6.07, 6.45) is 3.48. The topological polar surface area (TPSA) is 29.0 Å². The Morgan fingerprint density at radius 1 is 1.41 bits per heavy atom. The van der Waals surface area contributed by atoms with Crippen LogP contribution in [0, 0.1) is 5.92 Å². The van der Waals surface area contributed by atoms with Crippen molar-refractivity contribution in [2.24, 2.45) is 13.0 Å². The molecule has 0 spiro atoms. The van der Waals surface area contributed by atoms with Crippen molar-refractivity contribution in [1.29, 1.82) is 0 Å². The molecule has 2 heterocycles. The van der Waals surface area contributed by atoms with Gasteiger partial charge in [0.2, 0.25) is 0 Å². The van der Waals surface area contributed by atoms with Crippen LogP contribution in [-0.2, 0) is 7.05 Å². The van der Waals surface area contributed by atoms with Crippen LogP contribution >= 0.6 is 0 Å². The number of anilines is 1. The molecule has 0 radical (unpaired) electrons. The molecule has 0 amide bonds. The fourth-order valence-corrected chi connectivity index (χ4v) is 2.63. The summed E-state index contributed by atoms with van der Waals surface area (Å²) in [4.78, 5) is 0. The van der Waals surface area contributed by atoms with Gasteiger partial charge in [0.15, 0.2) is 0 Å². The molecule has 17 heavy (non-hydrogen) atoms. The second-order valence-electron chi connectivity index (χ2n) is 4.91. The van der Waals surface area contributed by atoms with Gasteiger partial charge in [-0.2, -0.15) is 0 Å². The van der Waals surface area contributed by atoms with Gasteiger partial charge in [-0.1, -0.05) is 18.2 Å². The monoisotopic (exact) mass is 229 g/mol. The SMILES string of the molecule is Cn1cc(NCC2CCNC2)c2ccccc21. The van der Waals surface area contributed by atoms with Crippen LogP contribution in [0.2, 0.25) is 0 Å². The van der Waals surface area contributed by atoms with Gasteiger partial charge in [0.1, 0.15) is 0 Å². The molecule has 1 unspecified atom stereocenters.